The Kier molecular flexibility index (Phi) is 3.78. The quantitative estimate of drug-likeness (QED) is 0.885. The summed E-state index contributed by atoms with van der Waals surface area (Å²) in [5.74, 6) is -0.413. The van der Waals surface area contributed by atoms with Crippen LogP contribution in [0.15, 0.2) is 18.2 Å². The maximum atomic E-state index is 12.1. The molecule has 0 aliphatic carbocycles. The number of nitrogens with zero attached hydrogens (tertiary/aromatic N) is 2. The summed E-state index contributed by atoms with van der Waals surface area (Å²) in [5.41, 5.74) is 0.851. The normalized spacial score (nSPS) is 18.8. The average molecular weight is 283 g/mol. The van der Waals surface area contributed by atoms with Gasteiger partial charge in [-0.3, -0.25) is 9.59 Å². The predicted molar refractivity (Wildman–Crippen MR) is 72.4 cm³/mol. The van der Waals surface area contributed by atoms with E-state index >= 15 is 0 Å². The van der Waals surface area contributed by atoms with Crippen molar-refractivity contribution >= 4 is 29.1 Å². The van der Waals surface area contributed by atoms with Gasteiger partial charge < -0.3 is 14.9 Å². The van der Waals surface area contributed by atoms with E-state index < -0.39 is 6.10 Å². The van der Waals surface area contributed by atoms with E-state index in [1.165, 1.54) is 9.80 Å². The molecular formula is C13H15ClN2O3. The highest BCUT2D eigenvalue weighted by Gasteiger charge is 2.31. The number of aliphatic hydroxyl groups is 1. The fraction of sp³-hybridized carbons (Fsp3) is 0.385. The monoisotopic (exact) mass is 282 g/mol. The second-order valence-electron chi connectivity index (χ2n) is 4.72. The lowest BCUT2D eigenvalue weighted by molar-refractivity contribution is -0.117. The van der Waals surface area contributed by atoms with Gasteiger partial charge in [-0.05, 0) is 18.2 Å². The number of β-amino-alcohol motifs (C(OH)–C–C–N with tert-alkyl or cyclic N) is 1. The molecule has 1 N–H and O–H groups in total. The molecule has 1 atom stereocenters. The third-order valence-corrected chi connectivity index (χ3v) is 3.23. The van der Waals surface area contributed by atoms with Gasteiger partial charge in [-0.2, -0.15) is 0 Å². The minimum absolute atomic E-state index is 0.0715. The first-order valence-corrected chi connectivity index (χ1v) is 6.27. The molecular weight excluding hydrogens is 268 g/mol. The first-order valence-electron chi connectivity index (χ1n) is 5.89. The molecule has 1 unspecified atom stereocenters. The summed E-state index contributed by atoms with van der Waals surface area (Å²) in [5, 5.41) is 9.99. The van der Waals surface area contributed by atoms with E-state index in [2.05, 4.69) is 0 Å². The molecule has 0 aromatic heterocycles. The molecule has 102 valence electrons. The number of halogens is 1. The van der Waals surface area contributed by atoms with E-state index in [9.17, 15) is 14.7 Å². The number of hydrogen-bond donors (Lipinski definition) is 1. The summed E-state index contributed by atoms with van der Waals surface area (Å²) in [7, 11) is 3.28. The fourth-order valence-electron chi connectivity index (χ4n) is 2.07. The molecule has 0 spiro atoms. The van der Waals surface area contributed by atoms with E-state index in [-0.39, 0.29) is 24.8 Å². The zero-order chi connectivity index (χ0) is 14.2. The Bertz CT molecular complexity index is 531. The van der Waals surface area contributed by atoms with Gasteiger partial charge in [-0.25, -0.2) is 0 Å². The van der Waals surface area contributed by atoms with Crippen LogP contribution in [0.2, 0.25) is 5.02 Å². The molecule has 1 aliphatic heterocycles. The van der Waals surface area contributed by atoms with Gasteiger partial charge in [-0.1, -0.05) is 11.6 Å². The Balaban J connectivity index is 2.46. The van der Waals surface area contributed by atoms with Gasteiger partial charge in [0.2, 0.25) is 5.91 Å². The summed E-state index contributed by atoms with van der Waals surface area (Å²) in [6.45, 7) is 0.187. The molecule has 1 saturated heterocycles. The molecule has 1 heterocycles. The molecule has 2 rings (SSSR count). The first kappa shape index (κ1) is 13.8. The lowest BCUT2D eigenvalue weighted by Gasteiger charge is -2.21. The third kappa shape index (κ3) is 2.72. The molecule has 1 aliphatic rings. The highest BCUT2D eigenvalue weighted by atomic mass is 35.5. The molecule has 1 aromatic rings. The Morgan fingerprint density at radius 1 is 1.47 bits per heavy atom. The molecule has 1 aromatic carbocycles. The number of amides is 2. The lowest BCUT2D eigenvalue weighted by Crippen LogP contribution is -2.30. The fourth-order valence-corrected chi connectivity index (χ4v) is 2.24. The molecule has 6 heteroatoms. The largest absolute Gasteiger partial charge is 0.391 e. The Hall–Kier alpha value is -1.59. The van der Waals surface area contributed by atoms with Gasteiger partial charge in [0.1, 0.15) is 0 Å². The van der Waals surface area contributed by atoms with Gasteiger partial charge in [0.15, 0.2) is 0 Å². The SMILES string of the molecule is CN(C)C(=O)c1ccc(Cl)cc1N1CC(O)CC1=O. The summed E-state index contributed by atoms with van der Waals surface area (Å²) in [4.78, 5) is 26.8. The van der Waals surface area contributed by atoms with Gasteiger partial charge in [0.25, 0.3) is 5.91 Å². The summed E-state index contributed by atoms with van der Waals surface area (Å²) in [6, 6.07) is 4.78. The standard InChI is InChI=1S/C13H15ClN2O3/c1-15(2)13(19)10-4-3-8(14)5-11(10)16-7-9(17)6-12(16)18/h3-5,9,17H,6-7H2,1-2H3. The smallest absolute Gasteiger partial charge is 0.255 e. The first-order chi connectivity index (χ1) is 8.90. The van der Waals surface area contributed by atoms with Crippen molar-refractivity contribution in [3.05, 3.63) is 28.8 Å². The number of aliphatic hydroxyl groups excluding tert-OH is 1. The van der Waals surface area contributed by atoms with Crippen LogP contribution in [0.4, 0.5) is 5.69 Å². The number of carbonyl (C=O) groups is 2. The Morgan fingerprint density at radius 3 is 2.68 bits per heavy atom. The van der Waals surface area contributed by atoms with Crippen LogP contribution in [-0.4, -0.2) is 48.6 Å². The topological polar surface area (TPSA) is 60.9 Å². The second kappa shape index (κ2) is 5.19. The van der Waals surface area contributed by atoms with Crippen molar-refractivity contribution in [1.29, 1.82) is 0 Å². The molecule has 19 heavy (non-hydrogen) atoms. The van der Waals surface area contributed by atoms with E-state index in [1.807, 2.05) is 0 Å². The van der Waals surface area contributed by atoms with Gasteiger partial charge in [0.05, 0.1) is 30.3 Å². The molecule has 2 amide bonds. The van der Waals surface area contributed by atoms with Crippen LogP contribution in [0, 0.1) is 0 Å². The zero-order valence-corrected chi connectivity index (χ0v) is 11.5. The summed E-state index contributed by atoms with van der Waals surface area (Å²) in [6.07, 6.45) is -0.629. The number of rotatable bonds is 2. The van der Waals surface area contributed by atoms with Crippen molar-refractivity contribution in [2.75, 3.05) is 25.5 Å². The number of anilines is 1. The van der Waals surface area contributed by atoms with E-state index in [0.29, 0.717) is 16.3 Å². The maximum absolute atomic E-state index is 12.1. The van der Waals surface area contributed by atoms with Crippen molar-refractivity contribution < 1.29 is 14.7 Å². The Morgan fingerprint density at radius 2 is 2.16 bits per heavy atom. The van der Waals surface area contributed by atoms with Crippen LogP contribution < -0.4 is 4.90 Å². The maximum Gasteiger partial charge on any atom is 0.255 e. The minimum Gasteiger partial charge on any atom is -0.391 e. The van der Waals surface area contributed by atoms with Gasteiger partial charge in [-0.15, -0.1) is 0 Å². The van der Waals surface area contributed by atoms with Gasteiger partial charge >= 0.3 is 0 Å². The summed E-state index contributed by atoms with van der Waals surface area (Å²) < 4.78 is 0. The van der Waals surface area contributed by atoms with Crippen LogP contribution in [0.5, 0.6) is 0 Å². The lowest BCUT2D eigenvalue weighted by atomic mass is 10.1. The number of carbonyl (C=O) groups excluding carboxylic acids is 2. The van der Waals surface area contributed by atoms with Crippen molar-refractivity contribution in [1.82, 2.24) is 4.90 Å². The average Bonchev–Trinajstić information content (AvgIpc) is 2.67. The molecule has 5 nitrogen and oxygen atoms in total. The van der Waals surface area contributed by atoms with E-state index in [1.54, 1.807) is 32.3 Å². The molecule has 0 saturated carbocycles. The Labute approximate surface area is 116 Å². The van der Waals surface area contributed by atoms with Crippen LogP contribution in [-0.2, 0) is 4.79 Å². The zero-order valence-electron chi connectivity index (χ0n) is 10.8. The molecule has 1 fully saturated rings. The minimum atomic E-state index is -0.700. The second-order valence-corrected chi connectivity index (χ2v) is 5.16. The van der Waals surface area contributed by atoms with Crippen LogP contribution in [0.1, 0.15) is 16.8 Å². The predicted octanol–water partition coefficient (Wildman–Crippen LogP) is 1.14. The van der Waals surface area contributed by atoms with Crippen molar-refractivity contribution in [2.24, 2.45) is 0 Å². The van der Waals surface area contributed by atoms with Crippen LogP contribution >= 0.6 is 11.6 Å². The molecule has 0 bridgehead atoms. The third-order valence-electron chi connectivity index (χ3n) is 2.99. The van der Waals surface area contributed by atoms with E-state index in [4.69, 9.17) is 11.6 Å². The van der Waals surface area contributed by atoms with Crippen molar-refractivity contribution in [2.45, 2.75) is 12.5 Å². The molecule has 0 radical (unpaired) electrons. The van der Waals surface area contributed by atoms with Crippen molar-refractivity contribution in [3.8, 4) is 0 Å². The van der Waals surface area contributed by atoms with Gasteiger partial charge in [0, 0.05) is 19.1 Å². The summed E-state index contributed by atoms with van der Waals surface area (Å²) >= 11 is 5.94. The highest BCUT2D eigenvalue weighted by molar-refractivity contribution is 6.31. The van der Waals surface area contributed by atoms with Crippen molar-refractivity contribution in [3.63, 3.8) is 0 Å². The van der Waals surface area contributed by atoms with Crippen LogP contribution in [0.25, 0.3) is 0 Å². The highest BCUT2D eigenvalue weighted by Crippen LogP contribution is 2.29. The number of hydrogen-bond acceptors (Lipinski definition) is 3. The van der Waals surface area contributed by atoms with Crippen LogP contribution in [0.3, 0.4) is 0 Å². The van der Waals surface area contributed by atoms with E-state index in [0.717, 1.165) is 0 Å². The number of benzene rings is 1.